The van der Waals surface area contributed by atoms with E-state index in [1.807, 2.05) is 0 Å². The van der Waals surface area contributed by atoms with Crippen LogP contribution in [0.4, 0.5) is 0 Å². The molecule has 6 nitrogen and oxygen atoms in total. The highest BCUT2D eigenvalue weighted by Crippen LogP contribution is 2.13. The maximum Gasteiger partial charge on any atom is 0.306 e. The van der Waals surface area contributed by atoms with Gasteiger partial charge in [0.1, 0.15) is 13.2 Å². The third-order valence-corrected chi connectivity index (χ3v) is 10.7. The van der Waals surface area contributed by atoms with Crippen LogP contribution in [0, 0.1) is 0 Å². The first kappa shape index (κ1) is 61.1. The highest BCUT2D eigenvalue weighted by molar-refractivity contribution is 5.71. The van der Waals surface area contributed by atoms with Gasteiger partial charge in [0.05, 0.1) is 0 Å². The molecule has 0 radical (unpaired) electrons. The lowest BCUT2D eigenvalue weighted by atomic mass is 10.1. The maximum absolute atomic E-state index is 12.7. The normalized spacial score (nSPS) is 13.0. The van der Waals surface area contributed by atoms with Crippen molar-refractivity contribution in [2.45, 2.75) is 232 Å². The van der Waals surface area contributed by atoms with E-state index < -0.39 is 6.10 Å². The number of carbonyl (C=O) groups excluding carboxylic acids is 3. The summed E-state index contributed by atoms with van der Waals surface area (Å²) in [7, 11) is 0. The van der Waals surface area contributed by atoms with Crippen LogP contribution in [0.2, 0.25) is 0 Å². The standard InChI is InChI=1S/C59H96O6/c1-4-7-10-13-16-19-22-23-24-25-26-27-28-29-30-31-32-33-34-35-38-40-43-46-49-52-58(61)64-55-56(65-59(62)53-50-47-44-41-37-21-18-15-12-9-6-3)54-63-57(60)51-48-45-42-39-36-20-17-14-11-8-5-2/h7,10,14-19,23-24,26-27,29-30,32-33,35,38,56H,4-6,8-9,11-13,20-22,25,28,31,34,36-37,39-55H2,1-3H3/b10-7-,17-14-,18-15-,19-16-,24-23-,27-26-,30-29-,33-32-,38-35-. The molecule has 0 aromatic carbocycles. The molecule has 0 aliphatic heterocycles. The average Bonchev–Trinajstić information content (AvgIpc) is 3.30. The smallest absolute Gasteiger partial charge is 0.306 e. The molecule has 0 fully saturated rings. The molecule has 0 aromatic heterocycles. The van der Waals surface area contributed by atoms with Gasteiger partial charge in [0.15, 0.2) is 6.10 Å². The van der Waals surface area contributed by atoms with Crippen molar-refractivity contribution in [2.24, 2.45) is 0 Å². The fraction of sp³-hybridized carbons (Fsp3) is 0.644. The second-order valence-corrected chi connectivity index (χ2v) is 17.0. The van der Waals surface area contributed by atoms with Crippen LogP contribution >= 0.6 is 0 Å². The second-order valence-electron chi connectivity index (χ2n) is 17.0. The topological polar surface area (TPSA) is 78.9 Å². The molecule has 1 unspecified atom stereocenters. The molecule has 0 rings (SSSR count). The average molecular weight is 901 g/mol. The van der Waals surface area contributed by atoms with Gasteiger partial charge < -0.3 is 14.2 Å². The predicted octanol–water partition coefficient (Wildman–Crippen LogP) is 17.5. The molecule has 0 spiro atoms. The first-order valence-electron chi connectivity index (χ1n) is 26.4. The van der Waals surface area contributed by atoms with Gasteiger partial charge in [0.25, 0.3) is 0 Å². The van der Waals surface area contributed by atoms with E-state index in [1.165, 1.54) is 51.4 Å². The van der Waals surface area contributed by atoms with Crippen molar-refractivity contribution >= 4 is 17.9 Å². The molecule has 0 aliphatic carbocycles. The Bertz CT molecular complexity index is 1360. The van der Waals surface area contributed by atoms with Crippen LogP contribution < -0.4 is 0 Å². The van der Waals surface area contributed by atoms with Crippen LogP contribution in [0.3, 0.4) is 0 Å². The summed E-state index contributed by atoms with van der Waals surface area (Å²) in [5, 5.41) is 0. The monoisotopic (exact) mass is 901 g/mol. The van der Waals surface area contributed by atoms with Crippen LogP contribution in [-0.4, -0.2) is 37.2 Å². The van der Waals surface area contributed by atoms with Gasteiger partial charge >= 0.3 is 17.9 Å². The van der Waals surface area contributed by atoms with Crippen molar-refractivity contribution in [1.82, 2.24) is 0 Å². The number of unbranched alkanes of at least 4 members (excludes halogenated alkanes) is 17. The third-order valence-electron chi connectivity index (χ3n) is 10.7. The van der Waals surface area contributed by atoms with Gasteiger partial charge in [-0.3, -0.25) is 14.4 Å². The molecule has 0 N–H and O–H groups in total. The molecule has 368 valence electrons. The minimum absolute atomic E-state index is 0.0983. The Balaban J connectivity index is 4.37. The van der Waals surface area contributed by atoms with Gasteiger partial charge in [-0.2, -0.15) is 0 Å². The van der Waals surface area contributed by atoms with Crippen molar-refractivity contribution in [1.29, 1.82) is 0 Å². The number of esters is 3. The van der Waals surface area contributed by atoms with E-state index in [9.17, 15) is 14.4 Å². The SMILES string of the molecule is CC/C=C\C/C=C\C/C=C\C/C=C\C/C=C\C/C=C\C/C=C\CCCCCC(=O)OCC(COC(=O)CCCCCCC/C=C\CCCC)OC(=O)CCCCCCC/C=C\CCCC. The summed E-state index contributed by atoms with van der Waals surface area (Å²) in [4.78, 5) is 37.9. The predicted molar refractivity (Wildman–Crippen MR) is 279 cm³/mol. The van der Waals surface area contributed by atoms with Crippen LogP contribution in [0.5, 0.6) is 0 Å². The minimum atomic E-state index is -0.799. The van der Waals surface area contributed by atoms with Crippen LogP contribution in [-0.2, 0) is 28.6 Å². The van der Waals surface area contributed by atoms with Gasteiger partial charge in [-0.1, -0.05) is 201 Å². The molecular weight excluding hydrogens is 805 g/mol. The van der Waals surface area contributed by atoms with Gasteiger partial charge in [0, 0.05) is 19.3 Å². The number of ether oxygens (including phenoxy) is 3. The van der Waals surface area contributed by atoms with Crippen molar-refractivity contribution in [3.05, 3.63) is 109 Å². The Labute approximate surface area is 400 Å². The fourth-order valence-electron chi connectivity index (χ4n) is 6.74. The van der Waals surface area contributed by atoms with Crippen LogP contribution in [0.25, 0.3) is 0 Å². The van der Waals surface area contributed by atoms with E-state index in [0.717, 1.165) is 135 Å². The molecule has 0 heterocycles. The van der Waals surface area contributed by atoms with Crippen molar-refractivity contribution < 1.29 is 28.6 Å². The highest BCUT2D eigenvalue weighted by Gasteiger charge is 2.19. The maximum atomic E-state index is 12.7. The zero-order valence-corrected chi connectivity index (χ0v) is 42.0. The van der Waals surface area contributed by atoms with E-state index in [4.69, 9.17) is 14.2 Å². The molecule has 65 heavy (non-hydrogen) atoms. The number of hydrogen-bond donors (Lipinski definition) is 0. The van der Waals surface area contributed by atoms with Gasteiger partial charge in [-0.15, -0.1) is 0 Å². The highest BCUT2D eigenvalue weighted by atomic mass is 16.6. The molecule has 0 aromatic rings. The van der Waals surface area contributed by atoms with E-state index in [1.54, 1.807) is 0 Å². The number of allylic oxidation sites excluding steroid dienone is 18. The molecular formula is C59H96O6. The largest absolute Gasteiger partial charge is 0.462 e. The lowest BCUT2D eigenvalue weighted by molar-refractivity contribution is -0.167. The van der Waals surface area contributed by atoms with E-state index in [-0.39, 0.29) is 31.1 Å². The third kappa shape index (κ3) is 50.9. The Morgan fingerprint density at radius 1 is 0.323 bits per heavy atom. The Kier molecular flexibility index (Phi) is 49.5. The lowest BCUT2D eigenvalue weighted by Crippen LogP contribution is -2.30. The van der Waals surface area contributed by atoms with E-state index >= 15 is 0 Å². The fourth-order valence-corrected chi connectivity index (χ4v) is 6.74. The molecule has 1 atom stereocenters. The van der Waals surface area contributed by atoms with E-state index in [0.29, 0.717) is 19.3 Å². The summed E-state index contributed by atoms with van der Waals surface area (Å²) >= 11 is 0. The Hall–Kier alpha value is -3.93. The minimum Gasteiger partial charge on any atom is -0.462 e. The molecule has 6 heteroatoms. The van der Waals surface area contributed by atoms with Crippen molar-refractivity contribution in [3.63, 3.8) is 0 Å². The molecule has 0 aliphatic rings. The summed E-state index contributed by atoms with van der Waals surface area (Å²) in [6.07, 6.45) is 70.8. The zero-order valence-electron chi connectivity index (χ0n) is 42.0. The zero-order chi connectivity index (χ0) is 47.2. The first-order chi connectivity index (χ1) is 32.0. The summed E-state index contributed by atoms with van der Waals surface area (Å²) in [6, 6.07) is 0. The van der Waals surface area contributed by atoms with Gasteiger partial charge in [-0.05, 0) is 116 Å². The van der Waals surface area contributed by atoms with Gasteiger partial charge in [-0.25, -0.2) is 0 Å². The van der Waals surface area contributed by atoms with Crippen LogP contribution in [0.1, 0.15) is 226 Å². The van der Waals surface area contributed by atoms with Crippen LogP contribution in [0.15, 0.2) is 109 Å². The number of rotatable bonds is 46. The van der Waals surface area contributed by atoms with Crippen molar-refractivity contribution in [2.75, 3.05) is 13.2 Å². The summed E-state index contributed by atoms with van der Waals surface area (Å²) in [5.74, 6) is -0.958. The number of hydrogen-bond acceptors (Lipinski definition) is 6. The second kappa shape index (κ2) is 52.7. The quantitative estimate of drug-likeness (QED) is 0.0262. The molecule has 0 saturated carbocycles. The Morgan fingerprint density at radius 3 is 0.969 bits per heavy atom. The molecule has 0 bridgehead atoms. The van der Waals surface area contributed by atoms with Gasteiger partial charge in [0.2, 0.25) is 0 Å². The van der Waals surface area contributed by atoms with E-state index in [2.05, 4.69) is 130 Å². The number of carbonyl (C=O) groups is 3. The molecule has 0 amide bonds. The van der Waals surface area contributed by atoms with Crippen molar-refractivity contribution in [3.8, 4) is 0 Å². The summed E-state index contributed by atoms with van der Waals surface area (Å²) in [5.41, 5.74) is 0. The molecule has 0 saturated heterocycles. The summed E-state index contributed by atoms with van der Waals surface area (Å²) in [6.45, 7) is 6.39. The lowest BCUT2D eigenvalue weighted by Gasteiger charge is -2.18. The first-order valence-corrected chi connectivity index (χ1v) is 26.4. The Morgan fingerprint density at radius 2 is 0.600 bits per heavy atom. The summed E-state index contributed by atoms with van der Waals surface area (Å²) < 4.78 is 16.7.